The van der Waals surface area contributed by atoms with E-state index >= 15 is 0 Å². The molecular weight excluding hydrogens is 640 g/mol. The van der Waals surface area contributed by atoms with Crippen LogP contribution in [0, 0.1) is 17.8 Å². The van der Waals surface area contributed by atoms with E-state index in [2.05, 4.69) is 21.3 Å². The van der Waals surface area contributed by atoms with Crippen LogP contribution in [0.15, 0.2) is 24.3 Å². The Bertz CT molecular complexity index is 1380. The van der Waals surface area contributed by atoms with Gasteiger partial charge in [0.1, 0.15) is 27.5 Å². The van der Waals surface area contributed by atoms with Crippen molar-refractivity contribution in [2.45, 2.75) is 123 Å². The number of amides is 4. The summed E-state index contributed by atoms with van der Waals surface area (Å²) in [4.78, 5) is 52.6. The van der Waals surface area contributed by atoms with Crippen LogP contribution in [0.4, 0.5) is 4.79 Å². The monoisotopic (exact) mass is 696 g/mol. The first kappa shape index (κ1) is 40.9. The van der Waals surface area contributed by atoms with Gasteiger partial charge in [0.2, 0.25) is 17.7 Å². The van der Waals surface area contributed by atoms with Gasteiger partial charge in [-0.15, -0.1) is 0 Å². The molecule has 1 aromatic carbocycles. The van der Waals surface area contributed by atoms with Crippen molar-refractivity contribution in [2.24, 2.45) is 17.8 Å². The number of sulfone groups is 1. The lowest BCUT2D eigenvalue weighted by molar-refractivity contribution is -0.131. The van der Waals surface area contributed by atoms with Crippen LogP contribution in [-0.4, -0.2) is 90.4 Å². The van der Waals surface area contributed by atoms with Crippen molar-refractivity contribution in [2.75, 3.05) is 12.0 Å². The topological polar surface area (TPSA) is 200 Å². The predicted octanol–water partition coefficient (Wildman–Crippen LogP) is 2.15. The van der Waals surface area contributed by atoms with Crippen LogP contribution in [0.1, 0.15) is 91.8 Å². The third kappa shape index (κ3) is 13.3. The molecule has 0 bridgehead atoms. The maximum atomic E-state index is 13.6. The van der Waals surface area contributed by atoms with Crippen molar-refractivity contribution in [3.8, 4) is 0 Å². The van der Waals surface area contributed by atoms with Crippen molar-refractivity contribution >= 4 is 33.7 Å². The van der Waals surface area contributed by atoms with Crippen LogP contribution < -0.4 is 21.3 Å². The van der Waals surface area contributed by atoms with E-state index in [0.29, 0.717) is 12.8 Å². The average Bonchev–Trinajstić information content (AvgIpc) is 3.25. The maximum absolute atomic E-state index is 13.6. The van der Waals surface area contributed by atoms with Gasteiger partial charge in [0.25, 0.3) is 0 Å². The molecule has 6 N–H and O–H groups in total. The number of carbonyl (C=O) groups excluding carboxylic acids is 4. The van der Waals surface area contributed by atoms with Gasteiger partial charge >= 0.3 is 6.09 Å². The molecule has 2 rings (SSSR count). The van der Waals surface area contributed by atoms with E-state index in [9.17, 15) is 37.8 Å². The lowest BCUT2D eigenvalue weighted by atomic mass is 9.92. The molecule has 0 fully saturated rings. The molecule has 272 valence electrons. The summed E-state index contributed by atoms with van der Waals surface area (Å²) in [5, 5.41) is 32.6. The van der Waals surface area contributed by atoms with Crippen molar-refractivity contribution in [3.63, 3.8) is 0 Å². The molecule has 1 aliphatic carbocycles. The Morgan fingerprint density at radius 2 is 1.56 bits per heavy atom. The quantitative estimate of drug-likeness (QED) is 0.150. The summed E-state index contributed by atoms with van der Waals surface area (Å²) < 4.78 is 29.3. The van der Waals surface area contributed by atoms with Gasteiger partial charge in [-0.25, -0.2) is 13.2 Å². The maximum Gasteiger partial charge on any atom is 0.408 e. The fourth-order valence-corrected chi connectivity index (χ4v) is 6.28. The number of fused-ring (bicyclic) bond motifs is 1. The molecule has 0 saturated carbocycles. The molecule has 4 amide bonds. The Morgan fingerprint density at radius 3 is 2.12 bits per heavy atom. The predicted molar refractivity (Wildman–Crippen MR) is 182 cm³/mol. The highest BCUT2D eigenvalue weighted by molar-refractivity contribution is 7.90. The molecule has 0 spiro atoms. The van der Waals surface area contributed by atoms with Gasteiger partial charge < -0.3 is 36.2 Å². The molecule has 0 saturated heterocycles. The van der Waals surface area contributed by atoms with Crippen molar-refractivity contribution in [1.29, 1.82) is 0 Å². The van der Waals surface area contributed by atoms with Crippen LogP contribution >= 0.6 is 0 Å². The second-order valence-electron chi connectivity index (χ2n) is 14.8. The largest absolute Gasteiger partial charge is 0.444 e. The first-order valence-electron chi connectivity index (χ1n) is 16.6. The van der Waals surface area contributed by atoms with Gasteiger partial charge in [-0.2, -0.15) is 0 Å². The minimum Gasteiger partial charge on any atom is -0.444 e. The van der Waals surface area contributed by atoms with Gasteiger partial charge in [-0.1, -0.05) is 58.9 Å². The van der Waals surface area contributed by atoms with Gasteiger partial charge in [-0.05, 0) is 63.0 Å². The van der Waals surface area contributed by atoms with E-state index in [-0.39, 0.29) is 24.7 Å². The number of hydrogen-bond donors (Lipinski definition) is 6. The summed E-state index contributed by atoms with van der Waals surface area (Å²) in [6.07, 6.45) is -1.24. The van der Waals surface area contributed by atoms with Crippen LogP contribution in [0.3, 0.4) is 0 Å². The minimum absolute atomic E-state index is 0.0104. The number of hydrogen-bond acceptors (Lipinski definition) is 9. The van der Waals surface area contributed by atoms with Crippen LogP contribution in [0.25, 0.3) is 0 Å². The molecule has 0 aliphatic heterocycles. The fraction of sp³-hybridized carbons (Fsp3) is 0.706. The summed E-state index contributed by atoms with van der Waals surface area (Å²) in [7, 11) is -3.52. The Balaban J connectivity index is 2.18. The molecule has 1 aromatic rings. The summed E-state index contributed by atoms with van der Waals surface area (Å²) in [6, 6.07) is 3.69. The van der Waals surface area contributed by atoms with Crippen molar-refractivity contribution < 1.29 is 42.5 Å². The van der Waals surface area contributed by atoms with E-state index < -0.39 is 87.3 Å². The molecule has 0 radical (unpaired) electrons. The number of rotatable bonds is 16. The summed E-state index contributed by atoms with van der Waals surface area (Å²) in [6.45, 7) is 13.9. The van der Waals surface area contributed by atoms with E-state index in [1.165, 1.54) is 0 Å². The summed E-state index contributed by atoms with van der Waals surface area (Å²) in [5.41, 5.74) is 0.993. The molecule has 14 heteroatoms. The fourth-order valence-electron chi connectivity index (χ4n) is 5.61. The Kier molecular flexibility index (Phi) is 14.9. The Labute approximate surface area is 285 Å². The number of alkyl carbamates (subject to hydrolysis) is 1. The van der Waals surface area contributed by atoms with E-state index in [1.807, 2.05) is 38.1 Å². The first-order valence-corrected chi connectivity index (χ1v) is 18.7. The standard InChI is InChI=1S/C34H56N4O9S/c1-19(2)16-25(26(39)17-21(5)30(41)37-29-23-13-11-10-12-22(23)18-27(29)40)36-31(42)24(14-15-48(9,45)46)35-32(43)28(20(3)4)38-33(44)47-34(6,7)8/h10-13,19-21,24-29,39-40H,14-18H2,1-9H3,(H,35,43)(H,36,42)(H,37,41)(H,38,44)/t21-,24+,25+,26+,27+,28+,29-/m1/s1. The molecule has 0 unspecified atom stereocenters. The van der Waals surface area contributed by atoms with Crippen LogP contribution in [0.2, 0.25) is 0 Å². The zero-order chi connectivity index (χ0) is 36.6. The highest BCUT2D eigenvalue weighted by Gasteiger charge is 2.35. The molecule has 13 nitrogen and oxygen atoms in total. The highest BCUT2D eigenvalue weighted by Crippen LogP contribution is 2.31. The third-order valence-electron chi connectivity index (χ3n) is 8.09. The lowest BCUT2D eigenvalue weighted by Gasteiger charge is -2.31. The van der Waals surface area contributed by atoms with E-state index in [4.69, 9.17) is 4.74 Å². The lowest BCUT2D eigenvalue weighted by Crippen LogP contribution is -2.58. The minimum atomic E-state index is -3.52. The zero-order valence-electron chi connectivity index (χ0n) is 29.7. The second-order valence-corrected chi connectivity index (χ2v) is 17.0. The van der Waals surface area contributed by atoms with Crippen LogP contribution in [-0.2, 0) is 35.4 Å². The van der Waals surface area contributed by atoms with Gasteiger partial charge in [0.05, 0.1) is 30.0 Å². The number of nitrogens with one attached hydrogen (secondary N) is 4. The number of carbonyl (C=O) groups is 4. The number of benzene rings is 1. The third-order valence-corrected chi connectivity index (χ3v) is 9.07. The first-order chi connectivity index (χ1) is 22.1. The molecule has 0 heterocycles. The summed E-state index contributed by atoms with van der Waals surface area (Å²) >= 11 is 0. The zero-order valence-corrected chi connectivity index (χ0v) is 30.5. The van der Waals surface area contributed by atoms with E-state index in [0.717, 1.165) is 17.4 Å². The number of ether oxygens (including phenoxy) is 1. The van der Waals surface area contributed by atoms with Gasteiger partial charge in [-0.3, -0.25) is 14.4 Å². The van der Waals surface area contributed by atoms with Crippen molar-refractivity contribution in [3.05, 3.63) is 35.4 Å². The molecule has 1 aliphatic rings. The molecule has 0 aromatic heterocycles. The number of aliphatic hydroxyl groups is 2. The highest BCUT2D eigenvalue weighted by atomic mass is 32.2. The SMILES string of the molecule is CC(C)C[C@H](NC(=O)[C@H](CCS(C)(=O)=O)NC(=O)[C@@H](NC(=O)OC(C)(C)C)C(C)C)[C@@H](O)C[C@@H](C)C(=O)N[C@@H]1c2ccccc2C[C@@H]1O. The average molecular weight is 697 g/mol. The second kappa shape index (κ2) is 17.4. The molecular formula is C34H56N4O9S. The van der Waals surface area contributed by atoms with Crippen molar-refractivity contribution in [1.82, 2.24) is 21.3 Å². The Hall–Kier alpha value is -3.23. The number of aliphatic hydroxyl groups excluding tert-OH is 2. The summed E-state index contributed by atoms with van der Waals surface area (Å²) in [5.74, 6) is -3.24. The smallest absolute Gasteiger partial charge is 0.408 e. The Morgan fingerprint density at radius 1 is 0.938 bits per heavy atom. The van der Waals surface area contributed by atoms with Gasteiger partial charge in [0, 0.05) is 18.6 Å². The van der Waals surface area contributed by atoms with Gasteiger partial charge in [0.15, 0.2) is 0 Å². The normalized spacial score (nSPS) is 19.4. The molecule has 7 atom stereocenters. The van der Waals surface area contributed by atoms with Crippen LogP contribution in [0.5, 0.6) is 0 Å². The molecule has 48 heavy (non-hydrogen) atoms. The van der Waals surface area contributed by atoms with E-state index in [1.54, 1.807) is 41.5 Å².